The summed E-state index contributed by atoms with van der Waals surface area (Å²) >= 11 is 0. The first-order chi connectivity index (χ1) is 13.4. The maximum absolute atomic E-state index is 5.91. The van der Waals surface area contributed by atoms with Crippen LogP contribution >= 0.6 is 0 Å². The molecule has 1 atom stereocenters. The van der Waals surface area contributed by atoms with Crippen LogP contribution < -0.4 is 20.1 Å². The summed E-state index contributed by atoms with van der Waals surface area (Å²) in [4.78, 5) is 6.71. The predicted octanol–water partition coefficient (Wildman–Crippen LogP) is 3.19. The van der Waals surface area contributed by atoms with E-state index in [0.29, 0.717) is 19.2 Å². The van der Waals surface area contributed by atoms with Crippen LogP contribution in [0.25, 0.3) is 0 Å². The Kier molecular flexibility index (Phi) is 8.90. The molecule has 2 N–H and O–H groups in total. The van der Waals surface area contributed by atoms with Crippen molar-refractivity contribution in [2.24, 2.45) is 4.99 Å². The van der Waals surface area contributed by atoms with Crippen LogP contribution in [0.2, 0.25) is 0 Å². The standard InChI is InChI=1S/C22H38N4O2/c1-7-27-20-13-18-12-17(4)28-21(18)14-19(20)15-25-22(23-5)24-10-8-9-11-26(6)16(2)3/h13-14,16-17H,7-12,15H2,1-6H3,(H2,23,24,25). The Hall–Kier alpha value is -1.95. The maximum atomic E-state index is 5.91. The van der Waals surface area contributed by atoms with E-state index in [2.05, 4.69) is 60.5 Å². The summed E-state index contributed by atoms with van der Waals surface area (Å²) in [6, 6.07) is 4.83. The van der Waals surface area contributed by atoms with Crippen LogP contribution in [-0.2, 0) is 13.0 Å². The summed E-state index contributed by atoms with van der Waals surface area (Å²) in [5, 5.41) is 6.80. The number of unbranched alkanes of at least 4 members (excludes halogenated alkanes) is 1. The van der Waals surface area contributed by atoms with Crippen LogP contribution in [0, 0.1) is 0 Å². The summed E-state index contributed by atoms with van der Waals surface area (Å²) in [7, 11) is 3.98. The molecule has 6 nitrogen and oxygen atoms in total. The van der Waals surface area contributed by atoms with Gasteiger partial charge in [-0.3, -0.25) is 4.99 Å². The maximum Gasteiger partial charge on any atom is 0.191 e. The van der Waals surface area contributed by atoms with E-state index in [1.165, 1.54) is 12.0 Å². The number of nitrogens with one attached hydrogen (secondary N) is 2. The first kappa shape index (κ1) is 22.3. The highest BCUT2D eigenvalue weighted by molar-refractivity contribution is 5.79. The first-order valence-corrected chi connectivity index (χ1v) is 10.5. The van der Waals surface area contributed by atoms with E-state index in [1.54, 1.807) is 7.05 Å². The fourth-order valence-corrected chi connectivity index (χ4v) is 3.26. The Bertz CT molecular complexity index is 646. The molecule has 1 aliphatic heterocycles. The third-order valence-corrected chi connectivity index (χ3v) is 5.16. The van der Waals surface area contributed by atoms with Gasteiger partial charge in [-0.15, -0.1) is 0 Å². The molecule has 0 spiro atoms. The van der Waals surface area contributed by atoms with Gasteiger partial charge in [-0.25, -0.2) is 0 Å². The third-order valence-electron chi connectivity index (χ3n) is 5.16. The summed E-state index contributed by atoms with van der Waals surface area (Å²) in [5.41, 5.74) is 2.32. The number of nitrogens with zero attached hydrogens (tertiary/aromatic N) is 2. The Labute approximate surface area is 170 Å². The van der Waals surface area contributed by atoms with Gasteiger partial charge >= 0.3 is 0 Å². The van der Waals surface area contributed by atoms with Crippen molar-refractivity contribution in [3.8, 4) is 11.5 Å². The van der Waals surface area contributed by atoms with Crippen LogP contribution in [0.4, 0.5) is 0 Å². The number of benzene rings is 1. The van der Waals surface area contributed by atoms with Crippen LogP contribution in [0.3, 0.4) is 0 Å². The topological polar surface area (TPSA) is 58.1 Å². The van der Waals surface area contributed by atoms with Crippen LogP contribution in [0.5, 0.6) is 11.5 Å². The SMILES string of the molecule is CCOc1cc2c(cc1CNC(=NC)NCCCCN(C)C(C)C)OC(C)C2. The summed E-state index contributed by atoms with van der Waals surface area (Å²) in [5.74, 6) is 2.72. The van der Waals surface area contributed by atoms with Crippen molar-refractivity contribution in [3.63, 3.8) is 0 Å². The lowest BCUT2D eigenvalue weighted by Gasteiger charge is -2.20. The Morgan fingerprint density at radius 1 is 1.32 bits per heavy atom. The highest BCUT2D eigenvalue weighted by Crippen LogP contribution is 2.35. The minimum atomic E-state index is 0.233. The lowest BCUT2D eigenvalue weighted by atomic mass is 10.1. The van der Waals surface area contributed by atoms with Crippen LogP contribution in [0.15, 0.2) is 17.1 Å². The van der Waals surface area contributed by atoms with Gasteiger partial charge in [0.1, 0.15) is 17.6 Å². The summed E-state index contributed by atoms with van der Waals surface area (Å²) in [6.45, 7) is 11.9. The number of hydrogen-bond acceptors (Lipinski definition) is 4. The average molecular weight is 391 g/mol. The molecule has 0 fully saturated rings. The van der Waals surface area contributed by atoms with Gasteiger partial charge in [0.05, 0.1) is 6.61 Å². The molecule has 1 aliphatic rings. The smallest absolute Gasteiger partial charge is 0.191 e. The van der Waals surface area contributed by atoms with E-state index >= 15 is 0 Å². The average Bonchev–Trinajstić information content (AvgIpc) is 3.02. The molecule has 0 aliphatic carbocycles. The molecule has 0 saturated carbocycles. The van der Waals surface area contributed by atoms with E-state index in [1.807, 2.05) is 6.92 Å². The minimum absolute atomic E-state index is 0.233. The van der Waals surface area contributed by atoms with Crippen molar-refractivity contribution in [1.82, 2.24) is 15.5 Å². The van der Waals surface area contributed by atoms with Gasteiger partial charge in [0.15, 0.2) is 5.96 Å². The second-order valence-electron chi connectivity index (χ2n) is 7.77. The van der Waals surface area contributed by atoms with Gasteiger partial charge in [0.25, 0.3) is 0 Å². The number of guanidine groups is 1. The lowest BCUT2D eigenvalue weighted by molar-refractivity contribution is 0.254. The number of fused-ring (bicyclic) bond motifs is 1. The Morgan fingerprint density at radius 3 is 2.79 bits per heavy atom. The molecular formula is C22H38N4O2. The van der Waals surface area contributed by atoms with E-state index in [4.69, 9.17) is 9.47 Å². The zero-order valence-corrected chi connectivity index (χ0v) is 18.5. The molecule has 0 saturated heterocycles. The number of ether oxygens (including phenoxy) is 2. The van der Waals surface area contributed by atoms with Gasteiger partial charge in [0.2, 0.25) is 0 Å². The van der Waals surface area contributed by atoms with Crippen molar-refractivity contribution >= 4 is 5.96 Å². The third kappa shape index (κ3) is 6.59. The number of rotatable bonds is 10. The van der Waals surface area contributed by atoms with Gasteiger partial charge in [-0.2, -0.15) is 0 Å². The van der Waals surface area contributed by atoms with Gasteiger partial charge < -0.3 is 25.0 Å². The van der Waals surface area contributed by atoms with E-state index < -0.39 is 0 Å². The van der Waals surface area contributed by atoms with Crippen molar-refractivity contribution in [1.29, 1.82) is 0 Å². The molecule has 1 aromatic rings. The molecule has 28 heavy (non-hydrogen) atoms. The normalized spacial score (nSPS) is 16.3. The highest BCUT2D eigenvalue weighted by Gasteiger charge is 2.21. The van der Waals surface area contributed by atoms with Gasteiger partial charge in [0, 0.05) is 43.7 Å². The molecule has 0 radical (unpaired) electrons. The molecule has 0 amide bonds. The van der Waals surface area contributed by atoms with Crippen LogP contribution in [-0.4, -0.2) is 56.8 Å². The zero-order chi connectivity index (χ0) is 20.5. The van der Waals surface area contributed by atoms with Crippen molar-refractivity contribution in [2.75, 3.05) is 33.8 Å². The molecular weight excluding hydrogens is 352 g/mol. The lowest BCUT2D eigenvalue weighted by Crippen LogP contribution is -2.37. The van der Waals surface area contributed by atoms with Crippen LogP contribution in [0.1, 0.15) is 51.7 Å². The summed E-state index contributed by atoms with van der Waals surface area (Å²) in [6.07, 6.45) is 3.47. The van der Waals surface area contributed by atoms with Gasteiger partial charge in [-0.1, -0.05) is 0 Å². The molecule has 0 bridgehead atoms. The quantitative estimate of drug-likeness (QED) is 0.365. The molecule has 1 unspecified atom stereocenters. The molecule has 0 aromatic heterocycles. The number of aliphatic imine (C=N–C) groups is 1. The van der Waals surface area contributed by atoms with Gasteiger partial charge in [-0.05, 0) is 66.3 Å². The summed E-state index contributed by atoms with van der Waals surface area (Å²) < 4.78 is 11.8. The van der Waals surface area contributed by atoms with Crippen molar-refractivity contribution in [2.45, 2.75) is 65.6 Å². The predicted molar refractivity (Wildman–Crippen MR) is 117 cm³/mol. The largest absolute Gasteiger partial charge is 0.494 e. The van der Waals surface area contributed by atoms with Crippen molar-refractivity contribution < 1.29 is 9.47 Å². The van der Waals surface area contributed by atoms with E-state index in [9.17, 15) is 0 Å². The fourth-order valence-electron chi connectivity index (χ4n) is 3.26. The monoisotopic (exact) mass is 390 g/mol. The molecule has 1 aromatic carbocycles. The molecule has 6 heteroatoms. The second kappa shape index (κ2) is 11.1. The molecule has 1 heterocycles. The minimum Gasteiger partial charge on any atom is -0.494 e. The first-order valence-electron chi connectivity index (χ1n) is 10.5. The molecule has 158 valence electrons. The Morgan fingerprint density at radius 2 is 2.11 bits per heavy atom. The van der Waals surface area contributed by atoms with Crippen molar-refractivity contribution in [3.05, 3.63) is 23.3 Å². The number of hydrogen-bond donors (Lipinski definition) is 2. The van der Waals surface area contributed by atoms with E-state index in [0.717, 1.165) is 49.0 Å². The zero-order valence-electron chi connectivity index (χ0n) is 18.5. The fraction of sp³-hybridized carbons (Fsp3) is 0.682. The van der Waals surface area contributed by atoms with E-state index in [-0.39, 0.29) is 6.10 Å². The molecule has 2 rings (SSSR count). The second-order valence-corrected chi connectivity index (χ2v) is 7.77. The Balaban J connectivity index is 1.83. The highest BCUT2D eigenvalue weighted by atomic mass is 16.5.